The van der Waals surface area contributed by atoms with Crippen molar-refractivity contribution in [2.75, 3.05) is 0 Å². The zero-order valence-electron chi connectivity index (χ0n) is 22.8. The van der Waals surface area contributed by atoms with Gasteiger partial charge in [-0.1, -0.05) is 121 Å². The molecule has 7 aromatic carbocycles. The van der Waals surface area contributed by atoms with Crippen LogP contribution in [0.3, 0.4) is 0 Å². The Kier molecular flexibility index (Phi) is 4.18. The van der Waals surface area contributed by atoms with Crippen LogP contribution in [0.1, 0.15) is 22.3 Å². The molecule has 0 bridgehead atoms. The van der Waals surface area contributed by atoms with Crippen molar-refractivity contribution in [2.24, 2.45) is 0 Å². The first kappa shape index (κ1) is 22.3. The van der Waals surface area contributed by atoms with Gasteiger partial charge in [0.25, 0.3) is 0 Å². The molecule has 0 N–H and O–H groups in total. The summed E-state index contributed by atoms with van der Waals surface area (Å²) in [6, 6.07) is 53.5. The largest absolute Gasteiger partial charge is 0.456 e. The van der Waals surface area contributed by atoms with E-state index in [-0.39, 0.29) is 5.41 Å². The van der Waals surface area contributed by atoms with Crippen LogP contribution >= 0.6 is 0 Å². The van der Waals surface area contributed by atoms with E-state index in [2.05, 4.69) is 146 Å². The first-order chi connectivity index (χ1) is 20.8. The summed E-state index contributed by atoms with van der Waals surface area (Å²) in [5.74, 6) is 1.84. The van der Waals surface area contributed by atoms with E-state index in [0.717, 1.165) is 17.1 Å². The summed E-state index contributed by atoms with van der Waals surface area (Å²) in [5, 5.41) is 2.39. The normalized spacial score (nSPS) is 14.1. The Morgan fingerprint density at radius 1 is 0.357 bits per heavy atom. The van der Waals surface area contributed by atoms with E-state index < -0.39 is 0 Å². The van der Waals surface area contributed by atoms with E-state index in [1.807, 2.05) is 0 Å². The van der Waals surface area contributed by atoms with Crippen molar-refractivity contribution in [3.8, 4) is 56.0 Å². The third-order valence-corrected chi connectivity index (χ3v) is 9.69. The molecule has 0 amide bonds. The molecule has 42 heavy (non-hydrogen) atoms. The summed E-state index contributed by atoms with van der Waals surface area (Å²) in [6.07, 6.45) is 0. The molecule has 1 aliphatic heterocycles. The fourth-order valence-electron chi connectivity index (χ4n) is 8.02. The highest BCUT2D eigenvalue weighted by molar-refractivity contribution is 6.05. The third-order valence-electron chi connectivity index (χ3n) is 9.69. The molecule has 0 saturated heterocycles. The van der Waals surface area contributed by atoms with Gasteiger partial charge in [0.15, 0.2) is 0 Å². The molecule has 2 aliphatic carbocycles. The third kappa shape index (κ3) is 2.64. The second-order valence-corrected chi connectivity index (χ2v) is 11.6. The van der Waals surface area contributed by atoms with Crippen molar-refractivity contribution >= 4 is 10.8 Å². The van der Waals surface area contributed by atoms with Crippen LogP contribution in [0.4, 0.5) is 0 Å². The molecule has 194 valence electrons. The smallest absolute Gasteiger partial charge is 0.135 e. The number of hydrogen-bond acceptors (Lipinski definition) is 1. The molecule has 0 saturated carbocycles. The van der Waals surface area contributed by atoms with E-state index in [9.17, 15) is 0 Å². The van der Waals surface area contributed by atoms with E-state index in [1.165, 1.54) is 72.0 Å². The van der Waals surface area contributed by atoms with Crippen LogP contribution in [0, 0.1) is 0 Å². The molecule has 0 radical (unpaired) electrons. The lowest BCUT2D eigenvalue weighted by molar-refractivity contribution is 0.487. The van der Waals surface area contributed by atoms with Crippen molar-refractivity contribution in [1.29, 1.82) is 0 Å². The topological polar surface area (TPSA) is 9.23 Å². The van der Waals surface area contributed by atoms with E-state index in [4.69, 9.17) is 4.74 Å². The first-order valence-electron chi connectivity index (χ1n) is 14.6. The van der Waals surface area contributed by atoms with Gasteiger partial charge in [-0.25, -0.2) is 0 Å². The minimum atomic E-state index is -0.305. The molecular weight excluding hydrogens is 508 g/mol. The molecule has 1 nitrogen and oxygen atoms in total. The van der Waals surface area contributed by atoms with Gasteiger partial charge in [-0.15, -0.1) is 0 Å². The molecule has 0 atom stereocenters. The first-order valence-corrected chi connectivity index (χ1v) is 14.6. The minimum absolute atomic E-state index is 0.305. The Balaban J connectivity index is 1.20. The Bertz CT molecular complexity index is 2240. The van der Waals surface area contributed by atoms with Gasteiger partial charge in [0.05, 0.1) is 5.41 Å². The zero-order chi connectivity index (χ0) is 27.4. The monoisotopic (exact) mass is 532 g/mol. The van der Waals surface area contributed by atoms with Crippen LogP contribution in [-0.4, -0.2) is 0 Å². The summed E-state index contributed by atoms with van der Waals surface area (Å²) in [5.41, 5.74) is 15.3. The number of hydrogen-bond donors (Lipinski definition) is 0. The second-order valence-electron chi connectivity index (χ2n) is 11.6. The molecule has 0 aromatic heterocycles. The van der Waals surface area contributed by atoms with Crippen molar-refractivity contribution in [3.05, 3.63) is 168 Å². The molecule has 3 aliphatic rings. The minimum Gasteiger partial charge on any atom is -0.456 e. The molecule has 0 fully saturated rings. The van der Waals surface area contributed by atoms with Crippen molar-refractivity contribution in [3.63, 3.8) is 0 Å². The van der Waals surface area contributed by atoms with Gasteiger partial charge in [0.1, 0.15) is 11.5 Å². The predicted octanol–water partition coefficient (Wildman–Crippen LogP) is 10.6. The van der Waals surface area contributed by atoms with E-state index in [0.29, 0.717) is 0 Å². The molecule has 10 rings (SSSR count). The Morgan fingerprint density at radius 2 is 0.881 bits per heavy atom. The van der Waals surface area contributed by atoms with Crippen LogP contribution < -0.4 is 4.74 Å². The number of benzene rings is 7. The molecule has 0 unspecified atom stereocenters. The maximum absolute atomic E-state index is 6.39. The highest BCUT2D eigenvalue weighted by atomic mass is 16.5. The summed E-state index contributed by atoms with van der Waals surface area (Å²) < 4.78 is 6.39. The fraction of sp³-hybridized carbons (Fsp3) is 0.0244. The molecule has 1 heterocycles. The van der Waals surface area contributed by atoms with Gasteiger partial charge in [0, 0.05) is 10.9 Å². The maximum atomic E-state index is 6.39. The second kappa shape index (κ2) is 7.87. The summed E-state index contributed by atoms with van der Waals surface area (Å²) in [7, 11) is 0. The van der Waals surface area contributed by atoms with Gasteiger partial charge in [-0.05, 0) is 90.8 Å². The molecular formula is C41H24O. The van der Waals surface area contributed by atoms with Crippen molar-refractivity contribution < 1.29 is 4.74 Å². The fourth-order valence-corrected chi connectivity index (χ4v) is 8.02. The van der Waals surface area contributed by atoms with Gasteiger partial charge in [0.2, 0.25) is 0 Å². The lowest BCUT2D eigenvalue weighted by atomic mass is 9.70. The summed E-state index contributed by atoms with van der Waals surface area (Å²) in [6.45, 7) is 0. The number of fused-ring (bicyclic) bond motifs is 12. The number of rotatable bonds is 1. The Morgan fingerprint density at radius 3 is 1.57 bits per heavy atom. The van der Waals surface area contributed by atoms with Gasteiger partial charge in [-0.3, -0.25) is 0 Å². The lowest BCUT2D eigenvalue weighted by Crippen LogP contribution is -2.25. The quantitative estimate of drug-likeness (QED) is 0.204. The van der Waals surface area contributed by atoms with Crippen molar-refractivity contribution in [2.45, 2.75) is 5.41 Å². The van der Waals surface area contributed by atoms with Crippen LogP contribution in [-0.2, 0) is 5.41 Å². The average molecular weight is 533 g/mol. The van der Waals surface area contributed by atoms with Crippen molar-refractivity contribution in [1.82, 2.24) is 0 Å². The predicted molar refractivity (Wildman–Crippen MR) is 171 cm³/mol. The molecule has 1 heteroatoms. The van der Waals surface area contributed by atoms with Crippen LogP contribution in [0.15, 0.2) is 146 Å². The highest BCUT2D eigenvalue weighted by Gasteiger charge is 2.51. The zero-order valence-corrected chi connectivity index (χ0v) is 22.8. The highest BCUT2D eigenvalue weighted by Crippen LogP contribution is 2.63. The van der Waals surface area contributed by atoms with Crippen LogP contribution in [0.25, 0.3) is 55.3 Å². The standard InChI is InChI=1S/C41H24O/c1-4-15-34-28(11-1)29-12-2-5-16-35(29)41(34)36-17-6-3-13-30(36)32-23-26(19-21-37(32)41)27-20-22-38-33(24-27)31-14-7-9-25-10-8-18-39(42-38)40(25)31/h1-24H. The average Bonchev–Trinajstić information content (AvgIpc) is 3.52. The van der Waals surface area contributed by atoms with Crippen LogP contribution in [0.2, 0.25) is 0 Å². The van der Waals surface area contributed by atoms with Crippen LogP contribution in [0.5, 0.6) is 11.5 Å². The Hall–Kier alpha value is -5.40. The molecule has 7 aromatic rings. The lowest BCUT2D eigenvalue weighted by Gasteiger charge is -2.30. The maximum Gasteiger partial charge on any atom is 0.135 e. The van der Waals surface area contributed by atoms with Gasteiger partial charge >= 0.3 is 0 Å². The number of ether oxygens (including phenoxy) is 1. The van der Waals surface area contributed by atoms with E-state index in [1.54, 1.807) is 0 Å². The van der Waals surface area contributed by atoms with Gasteiger partial charge in [-0.2, -0.15) is 0 Å². The summed E-state index contributed by atoms with van der Waals surface area (Å²) >= 11 is 0. The van der Waals surface area contributed by atoms with E-state index >= 15 is 0 Å². The Labute approximate surface area is 244 Å². The van der Waals surface area contributed by atoms with Gasteiger partial charge < -0.3 is 4.74 Å². The summed E-state index contributed by atoms with van der Waals surface area (Å²) in [4.78, 5) is 0. The molecule has 1 spiro atoms. The SMILES string of the molecule is c1ccc2c(c1)-c1ccccc1C21c2ccccc2-c2cc(-c3ccc4c(c3)-c3cccc5cccc(c35)O4)ccc21.